The number of amides is 3. The number of aryl methyl sites for hydroxylation is 1. The fourth-order valence-electron chi connectivity index (χ4n) is 5.79. The average Bonchev–Trinajstić information content (AvgIpc) is 3.03. The highest BCUT2D eigenvalue weighted by Gasteiger charge is 2.27. The zero-order valence-corrected chi connectivity index (χ0v) is 27.7. The number of benzene rings is 1. The first-order valence-corrected chi connectivity index (χ1v) is 16.5. The molecule has 0 bridgehead atoms. The second kappa shape index (κ2) is 19.6. The molecule has 16 heteroatoms. The molecule has 0 radical (unpaired) electrons. The van der Waals surface area contributed by atoms with Crippen LogP contribution in [0.25, 0.3) is 0 Å². The first-order chi connectivity index (χ1) is 22.9. The van der Waals surface area contributed by atoms with Crippen LogP contribution in [0.5, 0.6) is 0 Å². The molecule has 0 aliphatic carbocycles. The van der Waals surface area contributed by atoms with Crippen LogP contribution >= 0.6 is 0 Å². The SMILES string of the molecule is CCCCNC(=O)CNC(=O)c1ccc2c(c1)CCCN2C(=O)CN1CCN(CC(=O)O)CCN(CC(=O)O)CCN(CC(=O)O)CC1. The minimum atomic E-state index is -1.03. The minimum absolute atomic E-state index is 0.0157. The number of hydrogen-bond acceptors (Lipinski definition) is 10. The molecule has 2 heterocycles. The van der Waals surface area contributed by atoms with Crippen LogP contribution in [0.1, 0.15) is 42.1 Å². The maximum Gasteiger partial charge on any atom is 0.317 e. The van der Waals surface area contributed by atoms with E-state index in [2.05, 4.69) is 10.6 Å². The van der Waals surface area contributed by atoms with E-state index in [9.17, 15) is 44.1 Å². The Balaban J connectivity index is 1.71. The summed E-state index contributed by atoms with van der Waals surface area (Å²) in [7, 11) is 0. The predicted molar refractivity (Wildman–Crippen MR) is 176 cm³/mol. The lowest BCUT2D eigenvalue weighted by atomic mass is 9.98. The largest absolute Gasteiger partial charge is 0.480 e. The summed E-state index contributed by atoms with van der Waals surface area (Å²) < 4.78 is 0. The fraction of sp³-hybridized carbons (Fsp3) is 0.625. The number of hydrogen-bond donors (Lipinski definition) is 5. The van der Waals surface area contributed by atoms with Gasteiger partial charge in [0.15, 0.2) is 0 Å². The van der Waals surface area contributed by atoms with Gasteiger partial charge in [0.25, 0.3) is 5.91 Å². The summed E-state index contributed by atoms with van der Waals surface area (Å²) in [6, 6.07) is 5.12. The van der Waals surface area contributed by atoms with E-state index in [1.807, 2.05) is 11.8 Å². The van der Waals surface area contributed by atoms with Gasteiger partial charge in [0, 0.05) is 76.7 Å². The topological polar surface area (TPSA) is 203 Å². The lowest BCUT2D eigenvalue weighted by Crippen LogP contribution is -2.50. The molecule has 2 aliphatic rings. The standard InChI is InChI=1S/C32H49N7O9/c1-2-3-8-33-27(40)19-34-32(48)25-6-7-26-24(18-25)5-4-9-39(26)28(41)20-35-10-12-36(21-29(42)43)14-16-38(23-31(46)47)17-15-37(13-11-35)22-30(44)45/h6-7,18H,2-5,8-17,19-23H2,1H3,(H,33,40)(H,34,48)(H,42,43)(H,44,45)(H,46,47). The van der Waals surface area contributed by atoms with Crippen LogP contribution in [0.15, 0.2) is 18.2 Å². The fourth-order valence-corrected chi connectivity index (χ4v) is 5.79. The minimum Gasteiger partial charge on any atom is -0.480 e. The van der Waals surface area contributed by atoms with E-state index in [1.165, 1.54) is 0 Å². The van der Waals surface area contributed by atoms with E-state index in [0.29, 0.717) is 76.5 Å². The summed E-state index contributed by atoms with van der Waals surface area (Å²) >= 11 is 0. The highest BCUT2D eigenvalue weighted by atomic mass is 16.4. The molecule has 266 valence electrons. The highest BCUT2D eigenvalue weighted by Crippen LogP contribution is 2.28. The number of fused-ring (bicyclic) bond motifs is 1. The van der Waals surface area contributed by atoms with Crippen molar-refractivity contribution in [2.45, 2.75) is 32.6 Å². The molecule has 1 fully saturated rings. The first kappa shape index (κ1) is 38.3. The number of aliphatic carboxylic acids is 3. The molecule has 0 atom stereocenters. The quantitative estimate of drug-likeness (QED) is 0.152. The van der Waals surface area contributed by atoms with Crippen LogP contribution in [0.2, 0.25) is 0 Å². The molecule has 5 N–H and O–H groups in total. The van der Waals surface area contributed by atoms with Crippen LogP contribution in [0.3, 0.4) is 0 Å². The van der Waals surface area contributed by atoms with Crippen molar-refractivity contribution in [3.05, 3.63) is 29.3 Å². The molecule has 0 unspecified atom stereocenters. The molecule has 16 nitrogen and oxygen atoms in total. The number of carboxylic acids is 3. The molecule has 0 spiro atoms. The van der Waals surface area contributed by atoms with Gasteiger partial charge in [0.2, 0.25) is 11.8 Å². The van der Waals surface area contributed by atoms with E-state index in [-0.39, 0.29) is 63.5 Å². The number of nitrogens with zero attached hydrogens (tertiary/aromatic N) is 5. The summed E-state index contributed by atoms with van der Waals surface area (Å²) in [5, 5.41) is 33.7. The van der Waals surface area contributed by atoms with Gasteiger partial charge in [-0.3, -0.25) is 48.4 Å². The Morgan fingerprint density at radius 2 is 1.19 bits per heavy atom. The Hall–Kier alpha value is -4.12. The van der Waals surface area contributed by atoms with Crippen molar-refractivity contribution in [2.75, 3.05) is 103 Å². The third kappa shape index (κ3) is 13.2. The van der Waals surface area contributed by atoms with Crippen molar-refractivity contribution in [3.63, 3.8) is 0 Å². The van der Waals surface area contributed by atoms with Crippen LogP contribution < -0.4 is 15.5 Å². The van der Waals surface area contributed by atoms with E-state index < -0.39 is 17.9 Å². The van der Waals surface area contributed by atoms with Crippen LogP contribution in [-0.2, 0) is 30.4 Å². The predicted octanol–water partition coefficient (Wildman–Crippen LogP) is -0.913. The van der Waals surface area contributed by atoms with E-state index in [4.69, 9.17) is 0 Å². The number of nitrogens with one attached hydrogen (secondary N) is 2. The summed E-state index contributed by atoms with van der Waals surface area (Å²) in [6.45, 7) is 4.67. The molecule has 0 aromatic heterocycles. The van der Waals surface area contributed by atoms with Gasteiger partial charge < -0.3 is 30.9 Å². The number of rotatable bonds is 14. The number of unbranched alkanes of at least 4 members (excludes halogenated alkanes) is 1. The Morgan fingerprint density at radius 3 is 1.67 bits per heavy atom. The van der Waals surface area contributed by atoms with Crippen LogP contribution in [0.4, 0.5) is 5.69 Å². The molecule has 0 saturated carbocycles. The maximum absolute atomic E-state index is 13.8. The van der Waals surface area contributed by atoms with E-state index >= 15 is 0 Å². The zero-order valence-electron chi connectivity index (χ0n) is 27.7. The van der Waals surface area contributed by atoms with Crippen molar-refractivity contribution in [1.82, 2.24) is 30.2 Å². The van der Waals surface area contributed by atoms with Gasteiger partial charge in [-0.05, 0) is 43.0 Å². The maximum atomic E-state index is 13.8. The van der Waals surface area contributed by atoms with Gasteiger partial charge in [-0.1, -0.05) is 13.3 Å². The molecule has 48 heavy (non-hydrogen) atoms. The highest BCUT2D eigenvalue weighted by molar-refractivity contribution is 5.99. The van der Waals surface area contributed by atoms with Crippen molar-refractivity contribution >= 4 is 41.3 Å². The molecular formula is C32H49N7O9. The Morgan fingerprint density at radius 1 is 0.688 bits per heavy atom. The smallest absolute Gasteiger partial charge is 0.317 e. The van der Waals surface area contributed by atoms with E-state index in [1.54, 1.807) is 37.8 Å². The summed E-state index contributed by atoms with van der Waals surface area (Å²) in [6.07, 6.45) is 3.18. The number of carbonyl (C=O) groups is 6. The molecule has 1 aromatic carbocycles. The molecule has 1 aromatic rings. The lowest BCUT2D eigenvalue weighted by Gasteiger charge is -2.35. The third-order valence-corrected chi connectivity index (χ3v) is 8.39. The van der Waals surface area contributed by atoms with Gasteiger partial charge >= 0.3 is 17.9 Å². The Labute approximate surface area is 280 Å². The average molecular weight is 676 g/mol. The molecule has 3 rings (SSSR count). The third-order valence-electron chi connectivity index (χ3n) is 8.39. The molecular weight excluding hydrogens is 626 g/mol. The zero-order chi connectivity index (χ0) is 35.1. The lowest BCUT2D eigenvalue weighted by molar-refractivity contribution is -0.140. The Bertz CT molecular complexity index is 1260. The summed E-state index contributed by atoms with van der Waals surface area (Å²) in [5.41, 5.74) is 1.94. The monoisotopic (exact) mass is 675 g/mol. The second-order valence-corrected chi connectivity index (χ2v) is 12.2. The molecule has 3 amide bonds. The van der Waals surface area contributed by atoms with Gasteiger partial charge in [0.1, 0.15) is 0 Å². The Kier molecular flexibility index (Phi) is 15.7. The van der Waals surface area contributed by atoms with Crippen LogP contribution in [0, 0.1) is 0 Å². The number of anilines is 1. The first-order valence-electron chi connectivity index (χ1n) is 16.5. The van der Waals surface area contributed by atoms with Gasteiger partial charge in [-0.15, -0.1) is 0 Å². The van der Waals surface area contributed by atoms with Crippen LogP contribution in [-0.4, -0.2) is 169 Å². The second-order valence-electron chi connectivity index (χ2n) is 12.2. The van der Waals surface area contributed by atoms with E-state index in [0.717, 1.165) is 18.4 Å². The number of carbonyl (C=O) groups excluding carboxylic acids is 3. The van der Waals surface area contributed by atoms with Crippen molar-refractivity contribution in [3.8, 4) is 0 Å². The van der Waals surface area contributed by atoms with Gasteiger partial charge in [-0.2, -0.15) is 0 Å². The number of carboxylic acid groups (broad SMARTS) is 3. The molecule has 1 saturated heterocycles. The summed E-state index contributed by atoms with van der Waals surface area (Å²) in [4.78, 5) is 81.8. The van der Waals surface area contributed by atoms with Gasteiger partial charge in [0.05, 0.1) is 32.7 Å². The van der Waals surface area contributed by atoms with Crippen molar-refractivity contribution in [1.29, 1.82) is 0 Å². The van der Waals surface area contributed by atoms with Gasteiger partial charge in [-0.25, -0.2) is 0 Å². The van der Waals surface area contributed by atoms with Crippen molar-refractivity contribution in [2.24, 2.45) is 0 Å². The normalized spacial score (nSPS) is 17.4. The van der Waals surface area contributed by atoms with Crippen molar-refractivity contribution < 1.29 is 44.1 Å². The molecule has 2 aliphatic heterocycles. The summed E-state index contributed by atoms with van der Waals surface area (Å²) in [5.74, 6) is -3.88.